The van der Waals surface area contributed by atoms with Gasteiger partial charge in [-0.05, 0) is 18.9 Å². The van der Waals surface area contributed by atoms with Gasteiger partial charge in [0.15, 0.2) is 0 Å². The van der Waals surface area contributed by atoms with Crippen molar-refractivity contribution in [3.63, 3.8) is 0 Å². The second-order valence-corrected chi connectivity index (χ2v) is 8.08. The van der Waals surface area contributed by atoms with Gasteiger partial charge in [0, 0.05) is 31.7 Å². The first-order valence-corrected chi connectivity index (χ1v) is 10.8. The number of carbonyl (C=O) groups excluding carboxylic acids is 2. The van der Waals surface area contributed by atoms with Gasteiger partial charge in [-0.1, -0.05) is 60.2 Å². The van der Waals surface area contributed by atoms with Gasteiger partial charge in [0.25, 0.3) is 11.7 Å². The van der Waals surface area contributed by atoms with Gasteiger partial charge in [-0.2, -0.15) is 0 Å². The number of amides is 1. The highest BCUT2D eigenvalue weighted by Gasteiger charge is 2.45. The Bertz CT molecular complexity index is 969. The zero-order chi connectivity index (χ0) is 21.8. The number of rotatable bonds is 6. The third-order valence-corrected chi connectivity index (χ3v) is 5.96. The minimum absolute atomic E-state index is 0. The molecular weight excluding hydrogens is 428 g/mol. The number of ether oxygens (including phenoxy) is 1. The number of aliphatic hydroxyl groups is 1. The van der Waals surface area contributed by atoms with Crippen LogP contribution >= 0.6 is 12.4 Å². The van der Waals surface area contributed by atoms with Crippen LogP contribution in [0.1, 0.15) is 29.2 Å². The van der Waals surface area contributed by atoms with E-state index < -0.39 is 17.7 Å². The summed E-state index contributed by atoms with van der Waals surface area (Å²) in [5.74, 6) is -1.30. The molecule has 1 amide bonds. The number of halogens is 1. The molecule has 2 fully saturated rings. The molecule has 2 aromatic carbocycles. The summed E-state index contributed by atoms with van der Waals surface area (Å²) in [4.78, 5) is 29.9. The molecular formula is C25H29ClN2O4. The summed E-state index contributed by atoms with van der Waals surface area (Å²) in [6.45, 7) is 6.47. The van der Waals surface area contributed by atoms with Crippen LogP contribution in [0.25, 0.3) is 5.76 Å². The Morgan fingerprint density at radius 2 is 1.66 bits per heavy atom. The van der Waals surface area contributed by atoms with Crippen molar-refractivity contribution in [3.05, 3.63) is 76.9 Å². The Labute approximate surface area is 194 Å². The maximum Gasteiger partial charge on any atom is 0.295 e. The maximum absolute atomic E-state index is 13.0. The van der Waals surface area contributed by atoms with Crippen LogP contribution in [0.5, 0.6) is 0 Å². The van der Waals surface area contributed by atoms with Gasteiger partial charge in [0.05, 0.1) is 24.8 Å². The summed E-state index contributed by atoms with van der Waals surface area (Å²) in [5.41, 5.74) is 2.57. The summed E-state index contributed by atoms with van der Waals surface area (Å²) >= 11 is 0. The monoisotopic (exact) mass is 456 g/mol. The van der Waals surface area contributed by atoms with E-state index in [1.165, 1.54) is 0 Å². The molecule has 32 heavy (non-hydrogen) atoms. The molecule has 4 rings (SSSR count). The van der Waals surface area contributed by atoms with Crippen LogP contribution in [-0.4, -0.2) is 66.0 Å². The molecule has 0 radical (unpaired) electrons. The number of aryl methyl sites for hydroxylation is 1. The predicted octanol–water partition coefficient (Wildman–Crippen LogP) is 3.56. The fourth-order valence-electron chi connectivity index (χ4n) is 4.25. The van der Waals surface area contributed by atoms with Crippen molar-refractivity contribution in [1.29, 1.82) is 0 Å². The highest BCUT2D eigenvalue weighted by atomic mass is 35.5. The summed E-state index contributed by atoms with van der Waals surface area (Å²) < 4.78 is 5.39. The van der Waals surface area contributed by atoms with Crippen LogP contribution in [0.15, 0.2) is 60.2 Å². The number of aliphatic hydroxyl groups excluding tert-OH is 1. The third-order valence-electron chi connectivity index (χ3n) is 5.96. The van der Waals surface area contributed by atoms with Gasteiger partial charge in [0.2, 0.25) is 0 Å². The van der Waals surface area contributed by atoms with Crippen LogP contribution in [0.4, 0.5) is 0 Å². The van der Waals surface area contributed by atoms with Crippen molar-refractivity contribution < 1.29 is 19.4 Å². The maximum atomic E-state index is 13.0. The van der Waals surface area contributed by atoms with Gasteiger partial charge < -0.3 is 14.7 Å². The van der Waals surface area contributed by atoms with Crippen molar-refractivity contribution in [1.82, 2.24) is 9.80 Å². The molecule has 0 spiro atoms. The van der Waals surface area contributed by atoms with E-state index in [1.54, 1.807) is 17.0 Å². The highest BCUT2D eigenvalue weighted by molar-refractivity contribution is 6.46. The minimum Gasteiger partial charge on any atom is -0.507 e. The number of carbonyl (C=O) groups is 2. The summed E-state index contributed by atoms with van der Waals surface area (Å²) in [5, 5.41) is 11.0. The number of hydrogen-bond acceptors (Lipinski definition) is 5. The lowest BCUT2D eigenvalue weighted by Crippen LogP contribution is -2.38. The molecule has 1 unspecified atom stereocenters. The number of nitrogens with zero attached hydrogens (tertiary/aromatic N) is 2. The first-order chi connectivity index (χ1) is 15.1. The van der Waals surface area contributed by atoms with Crippen LogP contribution in [0.2, 0.25) is 0 Å². The molecule has 0 saturated carbocycles. The Morgan fingerprint density at radius 1 is 1.00 bits per heavy atom. The van der Waals surface area contributed by atoms with Crippen molar-refractivity contribution in [3.8, 4) is 0 Å². The molecule has 1 atom stereocenters. The van der Waals surface area contributed by atoms with Crippen molar-refractivity contribution >= 4 is 29.9 Å². The summed E-state index contributed by atoms with van der Waals surface area (Å²) in [6.07, 6.45) is 0.751. The lowest BCUT2D eigenvalue weighted by Gasteiger charge is -2.29. The normalized spacial score (nSPS) is 20.9. The largest absolute Gasteiger partial charge is 0.507 e. The number of Topliss-reactive ketones (excluding diaryl/α,β-unsaturated/α-hetero) is 1. The van der Waals surface area contributed by atoms with E-state index >= 15 is 0 Å². The number of ketones is 1. The fraction of sp³-hybridized carbons (Fsp3) is 0.360. The summed E-state index contributed by atoms with van der Waals surface area (Å²) in [6, 6.07) is 16.2. The van der Waals surface area contributed by atoms with E-state index in [2.05, 4.69) is 4.90 Å². The Balaban J connectivity index is 0.00000289. The average molecular weight is 457 g/mol. The summed E-state index contributed by atoms with van der Waals surface area (Å²) in [7, 11) is 0. The molecule has 0 aliphatic carbocycles. The van der Waals surface area contributed by atoms with E-state index in [0.29, 0.717) is 12.1 Å². The van der Waals surface area contributed by atoms with Gasteiger partial charge in [0.1, 0.15) is 5.76 Å². The lowest BCUT2D eigenvalue weighted by atomic mass is 9.95. The molecule has 1 N–H and O–H groups in total. The predicted molar refractivity (Wildman–Crippen MR) is 126 cm³/mol. The van der Waals surface area contributed by atoms with Crippen LogP contribution in [-0.2, 0) is 14.3 Å². The Hall–Kier alpha value is -2.67. The van der Waals surface area contributed by atoms with E-state index in [-0.39, 0.29) is 23.7 Å². The molecule has 7 heteroatoms. The number of benzene rings is 2. The molecule has 170 valence electrons. The van der Waals surface area contributed by atoms with Crippen molar-refractivity contribution in [2.75, 3.05) is 39.4 Å². The van der Waals surface area contributed by atoms with Crippen LogP contribution in [0, 0.1) is 6.92 Å². The molecule has 2 aliphatic rings. The van der Waals surface area contributed by atoms with Crippen molar-refractivity contribution in [2.45, 2.75) is 19.4 Å². The van der Waals surface area contributed by atoms with Crippen molar-refractivity contribution in [2.24, 2.45) is 0 Å². The van der Waals surface area contributed by atoms with E-state index in [0.717, 1.165) is 50.4 Å². The smallest absolute Gasteiger partial charge is 0.295 e. The van der Waals surface area contributed by atoms with E-state index in [1.807, 2.05) is 49.4 Å². The molecule has 2 saturated heterocycles. The second-order valence-electron chi connectivity index (χ2n) is 8.08. The Morgan fingerprint density at radius 3 is 2.31 bits per heavy atom. The first-order valence-electron chi connectivity index (χ1n) is 10.8. The molecule has 2 aliphatic heterocycles. The molecule has 2 aromatic rings. The van der Waals surface area contributed by atoms with Gasteiger partial charge in [-0.25, -0.2) is 0 Å². The average Bonchev–Trinajstić information content (AvgIpc) is 3.05. The number of likely N-dealkylation sites (tertiary alicyclic amines) is 1. The minimum atomic E-state index is -0.627. The standard InChI is InChI=1S/C25H28N2O4.ClH/c1-18-8-10-20(11-9-18)23(28)21-22(19-6-3-2-4-7-19)27(25(30)24(21)29)13-5-12-26-14-16-31-17-15-26;/h2-4,6-11,22,28H,5,12-17H2,1H3;1H. The zero-order valence-electron chi connectivity index (χ0n) is 18.2. The second kappa shape index (κ2) is 10.8. The van der Waals surface area contributed by atoms with E-state index in [4.69, 9.17) is 4.74 Å². The topological polar surface area (TPSA) is 70.1 Å². The quantitative estimate of drug-likeness (QED) is 0.409. The molecule has 6 nitrogen and oxygen atoms in total. The third kappa shape index (κ3) is 5.04. The fourth-order valence-corrected chi connectivity index (χ4v) is 4.25. The molecule has 0 bridgehead atoms. The highest BCUT2D eigenvalue weighted by Crippen LogP contribution is 2.39. The number of morpholine rings is 1. The van der Waals surface area contributed by atoms with Crippen LogP contribution < -0.4 is 0 Å². The van der Waals surface area contributed by atoms with E-state index in [9.17, 15) is 14.7 Å². The van der Waals surface area contributed by atoms with Gasteiger partial charge in [-0.3, -0.25) is 14.5 Å². The number of hydrogen-bond donors (Lipinski definition) is 1. The van der Waals surface area contributed by atoms with Crippen LogP contribution in [0.3, 0.4) is 0 Å². The molecule has 0 aromatic heterocycles. The lowest BCUT2D eigenvalue weighted by molar-refractivity contribution is -0.140. The Kier molecular flexibility index (Phi) is 8.07. The first kappa shape index (κ1) is 24.0. The zero-order valence-corrected chi connectivity index (χ0v) is 19.0. The SMILES string of the molecule is Cc1ccc(C(O)=C2C(=O)C(=O)N(CCCN3CCOCC3)C2c2ccccc2)cc1.Cl. The molecule has 2 heterocycles. The van der Waals surface area contributed by atoms with Gasteiger partial charge >= 0.3 is 0 Å². The van der Waals surface area contributed by atoms with Gasteiger partial charge in [-0.15, -0.1) is 12.4 Å².